The van der Waals surface area contributed by atoms with Gasteiger partial charge < -0.3 is 10.1 Å². The third-order valence-corrected chi connectivity index (χ3v) is 4.83. The molecule has 1 N–H and O–H groups in total. The van der Waals surface area contributed by atoms with E-state index in [1.165, 1.54) is 39.2 Å². The zero-order chi connectivity index (χ0) is 14.7. The van der Waals surface area contributed by atoms with E-state index in [4.69, 9.17) is 4.74 Å². The molecule has 2 aliphatic heterocycles. The van der Waals surface area contributed by atoms with Crippen LogP contribution in [0.15, 0.2) is 18.2 Å². The number of benzene rings is 1. The Balaban J connectivity index is 1.70. The lowest BCUT2D eigenvalue weighted by Gasteiger charge is -2.39. The second-order valence-electron chi connectivity index (χ2n) is 6.21. The molecule has 0 saturated carbocycles. The van der Waals surface area contributed by atoms with Gasteiger partial charge in [0.15, 0.2) is 11.6 Å². The SMILES string of the molecule is COc1ccc(CN2CCCCC2C2CCCN2)cc1F. The molecule has 0 aromatic heterocycles. The van der Waals surface area contributed by atoms with E-state index in [0.29, 0.717) is 17.8 Å². The van der Waals surface area contributed by atoms with Gasteiger partial charge in [0.25, 0.3) is 0 Å². The molecule has 21 heavy (non-hydrogen) atoms. The molecule has 2 heterocycles. The number of hydrogen-bond acceptors (Lipinski definition) is 3. The van der Waals surface area contributed by atoms with E-state index in [1.807, 2.05) is 6.07 Å². The molecule has 4 heteroatoms. The zero-order valence-corrected chi connectivity index (χ0v) is 12.8. The Labute approximate surface area is 126 Å². The average Bonchev–Trinajstić information content (AvgIpc) is 3.02. The summed E-state index contributed by atoms with van der Waals surface area (Å²) in [5, 5.41) is 3.64. The number of likely N-dealkylation sites (tertiary alicyclic amines) is 1. The van der Waals surface area contributed by atoms with Gasteiger partial charge in [-0.05, 0) is 56.5 Å². The lowest BCUT2D eigenvalue weighted by Crippen LogP contribution is -2.49. The van der Waals surface area contributed by atoms with E-state index in [0.717, 1.165) is 25.2 Å². The standard InChI is InChI=1S/C17H25FN2O/c1-21-17-8-7-13(11-14(17)18)12-20-10-3-2-6-16(20)15-5-4-9-19-15/h7-8,11,15-16,19H,2-6,9-10,12H2,1H3. The van der Waals surface area contributed by atoms with Gasteiger partial charge in [-0.2, -0.15) is 0 Å². The van der Waals surface area contributed by atoms with Gasteiger partial charge in [0, 0.05) is 18.6 Å². The summed E-state index contributed by atoms with van der Waals surface area (Å²) in [7, 11) is 1.50. The number of hydrogen-bond donors (Lipinski definition) is 1. The molecule has 2 unspecified atom stereocenters. The number of methoxy groups -OCH3 is 1. The van der Waals surface area contributed by atoms with Crippen LogP contribution in [0, 0.1) is 5.82 Å². The fourth-order valence-electron chi connectivity index (χ4n) is 3.75. The highest BCUT2D eigenvalue weighted by Gasteiger charge is 2.31. The summed E-state index contributed by atoms with van der Waals surface area (Å²) in [5.41, 5.74) is 1.04. The van der Waals surface area contributed by atoms with Crippen LogP contribution >= 0.6 is 0 Å². The van der Waals surface area contributed by atoms with Crippen LogP contribution in [0.5, 0.6) is 5.75 Å². The molecule has 2 atom stereocenters. The van der Waals surface area contributed by atoms with Gasteiger partial charge in [-0.25, -0.2) is 4.39 Å². The number of halogens is 1. The summed E-state index contributed by atoms with van der Waals surface area (Å²) in [4.78, 5) is 2.54. The quantitative estimate of drug-likeness (QED) is 0.923. The summed E-state index contributed by atoms with van der Waals surface area (Å²) < 4.78 is 18.8. The maximum atomic E-state index is 13.8. The molecule has 2 aliphatic rings. The molecular weight excluding hydrogens is 267 g/mol. The summed E-state index contributed by atoms with van der Waals surface area (Å²) in [6.07, 6.45) is 6.39. The topological polar surface area (TPSA) is 24.5 Å². The molecular formula is C17H25FN2O. The summed E-state index contributed by atoms with van der Waals surface area (Å²) in [6.45, 7) is 3.10. The van der Waals surface area contributed by atoms with Crippen molar-refractivity contribution in [3.63, 3.8) is 0 Å². The monoisotopic (exact) mass is 292 g/mol. The van der Waals surface area contributed by atoms with Crippen molar-refractivity contribution in [1.29, 1.82) is 0 Å². The highest BCUT2D eigenvalue weighted by Crippen LogP contribution is 2.27. The van der Waals surface area contributed by atoms with Crippen molar-refractivity contribution in [3.8, 4) is 5.75 Å². The first-order valence-corrected chi connectivity index (χ1v) is 8.08. The van der Waals surface area contributed by atoms with Crippen molar-refractivity contribution < 1.29 is 9.13 Å². The Morgan fingerprint density at radius 2 is 2.19 bits per heavy atom. The van der Waals surface area contributed by atoms with Crippen LogP contribution in [0.25, 0.3) is 0 Å². The predicted octanol–water partition coefficient (Wildman–Crippen LogP) is 2.94. The van der Waals surface area contributed by atoms with Crippen molar-refractivity contribution in [1.82, 2.24) is 10.2 Å². The first-order valence-electron chi connectivity index (χ1n) is 8.08. The number of piperidine rings is 1. The molecule has 0 spiro atoms. The third kappa shape index (κ3) is 3.38. The Kier molecular flexibility index (Phi) is 4.76. The van der Waals surface area contributed by atoms with Gasteiger partial charge in [-0.15, -0.1) is 0 Å². The van der Waals surface area contributed by atoms with Crippen LogP contribution in [0.1, 0.15) is 37.7 Å². The summed E-state index contributed by atoms with van der Waals surface area (Å²) in [6, 6.07) is 6.56. The van der Waals surface area contributed by atoms with Crippen LogP contribution in [-0.4, -0.2) is 37.2 Å². The normalized spacial score (nSPS) is 27.0. The van der Waals surface area contributed by atoms with E-state index in [9.17, 15) is 4.39 Å². The molecule has 3 rings (SSSR count). The Bertz CT molecular complexity index is 474. The minimum absolute atomic E-state index is 0.262. The summed E-state index contributed by atoms with van der Waals surface area (Å²) in [5.74, 6) is 0.0638. The van der Waals surface area contributed by atoms with E-state index in [1.54, 1.807) is 12.1 Å². The smallest absolute Gasteiger partial charge is 0.165 e. The second kappa shape index (κ2) is 6.75. The van der Waals surface area contributed by atoms with Crippen molar-refractivity contribution in [2.45, 2.75) is 50.7 Å². The number of nitrogens with zero attached hydrogens (tertiary/aromatic N) is 1. The maximum Gasteiger partial charge on any atom is 0.165 e. The number of nitrogens with one attached hydrogen (secondary N) is 1. The zero-order valence-electron chi connectivity index (χ0n) is 12.8. The summed E-state index contributed by atoms with van der Waals surface area (Å²) >= 11 is 0. The van der Waals surface area contributed by atoms with Gasteiger partial charge >= 0.3 is 0 Å². The maximum absolute atomic E-state index is 13.8. The molecule has 3 nitrogen and oxygen atoms in total. The van der Waals surface area contributed by atoms with E-state index in [-0.39, 0.29) is 5.82 Å². The van der Waals surface area contributed by atoms with Crippen LogP contribution < -0.4 is 10.1 Å². The number of ether oxygens (including phenoxy) is 1. The molecule has 1 aromatic rings. The third-order valence-electron chi connectivity index (χ3n) is 4.83. The van der Waals surface area contributed by atoms with Gasteiger partial charge in [-0.3, -0.25) is 4.90 Å². The molecule has 2 saturated heterocycles. The van der Waals surface area contributed by atoms with Gasteiger partial charge in [0.1, 0.15) is 0 Å². The van der Waals surface area contributed by atoms with Crippen molar-refractivity contribution >= 4 is 0 Å². The van der Waals surface area contributed by atoms with E-state index in [2.05, 4.69) is 10.2 Å². The highest BCUT2D eigenvalue weighted by atomic mass is 19.1. The van der Waals surface area contributed by atoms with Crippen molar-refractivity contribution in [2.24, 2.45) is 0 Å². The Morgan fingerprint density at radius 1 is 1.29 bits per heavy atom. The average molecular weight is 292 g/mol. The highest BCUT2D eigenvalue weighted by molar-refractivity contribution is 5.29. The Morgan fingerprint density at radius 3 is 2.90 bits per heavy atom. The minimum Gasteiger partial charge on any atom is -0.494 e. The lowest BCUT2D eigenvalue weighted by atomic mass is 9.94. The van der Waals surface area contributed by atoms with Gasteiger partial charge in [0.05, 0.1) is 7.11 Å². The number of rotatable bonds is 4. The van der Waals surface area contributed by atoms with Crippen LogP contribution in [-0.2, 0) is 6.54 Å². The first kappa shape index (κ1) is 14.8. The second-order valence-corrected chi connectivity index (χ2v) is 6.21. The lowest BCUT2D eigenvalue weighted by molar-refractivity contribution is 0.112. The minimum atomic E-state index is -0.262. The predicted molar refractivity (Wildman–Crippen MR) is 82.0 cm³/mol. The first-order chi connectivity index (χ1) is 10.3. The van der Waals surface area contributed by atoms with Gasteiger partial charge in [-0.1, -0.05) is 12.5 Å². The van der Waals surface area contributed by atoms with E-state index >= 15 is 0 Å². The van der Waals surface area contributed by atoms with E-state index < -0.39 is 0 Å². The van der Waals surface area contributed by atoms with Crippen LogP contribution in [0.2, 0.25) is 0 Å². The largest absolute Gasteiger partial charge is 0.494 e. The van der Waals surface area contributed by atoms with Crippen LogP contribution in [0.3, 0.4) is 0 Å². The van der Waals surface area contributed by atoms with Gasteiger partial charge in [0.2, 0.25) is 0 Å². The molecule has 0 radical (unpaired) electrons. The molecule has 116 valence electrons. The molecule has 1 aromatic carbocycles. The van der Waals surface area contributed by atoms with Crippen molar-refractivity contribution in [3.05, 3.63) is 29.6 Å². The van der Waals surface area contributed by atoms with Crippen molar-refractivity contribution in [2.75, 3.05) is 20.2 Å². The Hall–Kier alpha value is -1.13. The molecule has 2 fully saturated rings. The van der Waals surface area contributed by atoms with Crippen LogP contribution in [0.4, 0.5) is 4.39 Å². The fraction of sp³-hybridized carbons (Fsp3) is 0.647. The molecule has 0 bridgehead atoms. The molecule has 0 amide bonds. The molecule has 0 aliphatic carbocycles. The fourth-order valence-corrected chi connectivity index (χ4v) is 3.75.